The minimum Gasteiger partial charge on any atom is -0.459 e. The fraction of sp³-hybridized carbons (Fsp3) is 0.579. The van der Waals surface area contributed by atoms with Crippen molar-refractivity contribution in [2.75, 3.05) is 25.3 Å². The highest BCUT2D eigenvalue weighted by atomic mass is 31.2. The Bertz CT molecular complexity index is 754. The Kier molecular flexibility index (Phi) is 10.8. The largest absolute Gasteiger partial charge is 0.459 e. The Hall–Kier alpha value is -2.33. The summed E-state index contributed by atoms with van der Waals surface area (Å²) in [6, 6.07) is 3.31. The van der Waals surface area contributed by atoms with Gasteiger partial charge in [0, 0.05) is 25.2 Å². The van der Waals surface area contributed by atoms with Gasteiger partial charge in [0.2, 0.25) is 12.7 Å². The molecule has 0 aliphatic carbocycles. The lowest BCUT2D eigenvalue weighted by molar-refractivity contribution is -0.156. The molecule has 2 N–H and O–H groups in total. The molecule has 0 atom stereocenters. The van der Waals surface area contributed by atoms with E-state index < -0.39 is 39.6 Å². The number of esters is 1. The first-order valence-corrected chi connectivity index (χ1v) is 10.8. The van der Waals surface area contributed by atoms with Crippen LogP contribution >= 0.6 is 8.60 Å². The molecule has 11 nitrogen and oxygen atoms in total. The highest BCUT2D eigenvalue weighted by Gasteiger charge is 2.25. The fourth-order valence-electron chi connectivity index (χ4n) is 2.49. The molecular formula is C19H30N3O8P. The number of hydrogen-bond donors (Lipinski definition) is 2. The summed E-state index contributed by atoms with van der Waals surface area (Å²) in [5.41, 5.74) is -0.256. The number of ether oxygens (including phenoxy) is 2. The first kappa shape index (κ1) is 26.7. The van der Waals surface area contributed by atoms with E-state index in [1.54, 1.807) is 40.0 Å². The first-order valence-electron chi connectivity index (χ1n) is 9.59. The van der Waals surface area contributed by atoms with Crippen LogP contribution in [0.2, 0.25) is 0 Å². The van der Waals surface area contributed by atoms with Crippen molar-refractivity contribution < 1.29 is 38.2 Å². The molecule has 1 heterocycles. The number of nitrogens with zero attached hydrogens (tertiary/aromatic N) is 3. The summed E-state index contributed by atoms with van der Waals surface area (Å²) < 4.78 is 14.6. The van der Waals surface area contributed by atoms with E-state index in [1.807, 2.05) is 6.92 Å². The maximum Gasteiger partial charge on any atom is 0.412 e. The van der Waals surface area contributed by atoms with E-state index in [-0.39, 0.29) is 12.5 Å². The van der Waals surface area contributed by atoms with Crippen molar-refractivity contribution in [3.05, 3.63) is 23.9 Å². The normalized spacial score (nSPS) is 11.2. The van der Waals surface area contributed by atoms with Crippen molar-refractivity contribution in [2.24, 2.45) is 0 Å². The second-order valence-corrected chi connectivity index (χ2v) is 8.31. The second-order valence-electron chi connectivity index (χ2n) is 7.54. The summed E-state index contributed by atoms with van der Waals surface area (Å²) in [6.07, 6.45) is 1.57. The Morgan fingerprint density at radius 2 is 1.90 bits per heavy atom. The number of pyridine rings is 1. The Morgan fingerprint density at radius 1 is 1.23 bits per heavy atom. The van der Waals surface area contributed by atoms with Gasteiger partial charge in [-0.15, -0.1) is 0 Å². The highest BCUT2D eigenvalue weighted by molar-refractivity contribution is 7.39. The van der Waals surface area contributed by atoms with E-state index in [4.69, 9.17) is 19.3 Å². The number of amides is 2. The van der Waals surface area contributed by atoms with Gasteiger partial charge in [0.15, 0.2) is 0 Å². The molecule has 0 unspecified atom stereocenters. The molecule has 0 bridgehead atoms. The molecule has 0 saturated heterocycles. The van der Waals surface area contributed by atoms with Crippen LogP contribution in [0, 0.1) is 0 Å². The van der Waals surface area contributed by atoms with Crippen molar-refractivity contribution in [3.8, 4) is 0 Å². The lowest BCUT2D eigenvalue weighted by atomic mass is 10.2. The lowest BCUT2D eigenvalue weighted by Gasteiger charge is -2.26. The van der Waals surface area contributed by atoms with Crippen molar-refractivity contribution in [3.63, 3.8) is 0 Å². The van der Waals surface area contributed by atoms with Crippen LogP contribution in [-0.2, 0) is 30.1 Å². The maximum atomic E-state index is 12.5. The molecular weight excluding hydrogens is 429 g/mol. The minimum atomic E-state index is -2.70. The zero-order chi connectivity index (χ0) is 23.6. The first-order chi connectivity index (χ1) is 14.4. The molecule has 0 aliphatic rings. The summed E-state index contributed by atoms with van der Waals surface area (Å²) in [5.74, 6) is -0.470. The van der Waals surface area contributed by atoms with E-state index in [2.05, 4.69) is 9.51 Å². The molecule has 0 saturated carbocycles. The van der Waals surface area contributed by atoms with Crippen molar-refractivity contribution in [2.45, 2.75) is 52.7 Å². The minimum absolute atomic E-state index is 0.113. The molecule has 2 amide bonds. The van der Waals surface area contributed by atoms with E-state index in [0.717, 1.165) is 4.90 Å². The standard InChI is InChI=1S/C19H30N3O8P/c1-6-8-15(23)21(5)17-14(9-7-10-20-17)11-22(12-16(24)30-19(2,3)4)18(25)28-13-29-31(26)27/h7,9-10,26-27H,6,8,11-13H2,1-5H3. The molecule has 0 radical (unpaired) electrons. The van der Waals surface area contributed by atoms with Crippen LogP contribution in [0.5, 0.6) is 0 Å². The lowest BCUT2D eigenvalue weighted by Crippen LogP contribution is -2.39. The molecule has 1 aromatic heterocycles. The Morgan fingerprint density at radius 3 is 2.48 bits per heavy atom. The van der Waals surface area contributed by atoms with Crippen LogP contribution in [0.1, 0.15) is 46.1 Å². The van der Waals surface area contributed by atoms with E-state index in [9.17, 15) is 14.4 Å². The summed E-state index contributed by atoms with van der Waals surface area (Å²) in [6.45, 7) is 5.70. The van der Waals surface area contributed by atoms with E-state index in [0.29, 0.717) is 24.2 Å². The van der Waals surface area contributed by atoms with Crippen LogP contribution in [0.15, 0.2) is 18.3 Å². The van der Waals surface area contributed by atoms with Crippen LogP contribution < -0.4 is 4.90 Å². The van der Waals surface area contributed by atoms with Crippen LogP contribution in [0.4, 0.5) is 10.6 Å². The average Bonchev–Trinajstić information content (AvgIpc) is 2.65. The molecule has 0 aliphatic heterocycles. The monoisotopic (exact) mass is 459 g/mol. The van der Waals surface area contributed by atoms with Gasteiger partial charge in [-0.3, -0.25) is 23.9 Å². The van der Waals surface area contributed by atoms with E-state index >= 15 is 0 Å². The number of anilines is 1. The molecule has 12 heteroatoms. The molecule has 1 rings (SSSR count). The number of hydrogen-bond acceptors (Lipinski definition) is 9. The predicted molar refractivity (Wildman–Crippen MR) is 113 cm³/mol. The highest BCUT2D eigenvalue weighted by Crippen LogP contribution is 2.24. The Balaban J connectivity index is 3.07. The summed E-state index contributed by atoms with van der Waals surface area (Å²) in [5, 5.41) is 0. The second kappa shape index (κ2) is 12.5. The van der Waals surface area contributed by atoms with Gasteiger partial charge in [0.1, 0.15) is 18.0 Å². The van der Waals surface area contributed by atoms with Crippen LogP contribution in [0.25, 0.3) is 0 Å². The molecule has 174 valence electrons. The number of aromatic nitrogens is 1. The number of carbonyl (C=O) groups is 3. The quantitative estimate of drug-likeness (QED) is 0.306. The zero-order valence-electron chi connectivity index (χ0n) is 18.4. The van der Waals surface area contributed by atoms with Crippen LogP contribution in [-0.4, -0.2) is 63.6 Å². The molecule has 1 aromatic rings. The molecule has 0 aromatic carbocycles. The zero-order valence-corrected chi connectivity index (χ0v) is 19.3. The van der Waals surface area contributed by atoms with Gasteiger partial charge in [0.25, 0.3) is 0 Å². The summed E-state index contributed by atoms with van der Waals surface area (Å²) >= 11 is 0. The summed E-state index contributed by atoms with van der Waals surface area (Å²) in [4.78, 5) is 61.3. The average molecular weight is 459 g/mol. The van der Waals surface area contributed by atoms with Crippen molar-refractivity contribution >= 4 is 32.4 Å². The van der Waals surface area contributed by atoms with E-state index in [1.165, 1.54) is 11.1 Å². The molecule has 31 heavy (non-hydrogen) atoms. The predicted octanol–water partition coefficient (Wildman–Crippen LogP) is 2.31. The SMILES string of the molecule is CCCC(=O)N(C)c1ncccc1CN(CC(=O)OC(C)(C)C)C(=O)OCOP(O)O. The van der Waals surface area contributed by atoms with Crippen LogP contribution in [0.3, 0.4) is 0 Å². The van der Waals surface area contributed by atoms with Crippen molar-refractivity contribution in [1.29, 1.82) is 0 Å². The number of carbonyl (C=O) groups excluding carboxylic acids is 3. The third-order valence-electron chi connectivity index (χ3n) is 3.73. The fourth-order valence-corrected chi connectivity index (χ4v) is 2.64. The smallest absolute Gasteiger partial charge is 0.412 e. The van der Waals surface area contributed by atoms with Gasteiger partial charge in [-0.2, -0.15) is 0 Å². The maximum absolute atomic E-state index is 12.5. The number of rotatable bonds is 10. The van der Waals surface area contributed by atoms with Gasteiger partial charge < -0.3 is 19.3 Å². The summed E-state index contributed by atoms with van der Waals surface area (Å²) in [7, 11) is -1.12. The van der Waals surface area contributed by atoms with Crippen molar-refractivity contribution in [1.82, 2.24) is 9.88 Å². The van der Waals surface area contributed by atoms with Gasteiger partial charge in [-0.25, -0.2) is 9.78 Å². The van der Waals surface area contributed by atoms with Gasteiger partial charge in [0.05, 0.1) is 6.54 Å². The third-order valence-corrected chi connectivity index (χ3v) is 4.07. The Labute approximate surface area is 182 Å². The van der Waals surface area contributed by atoms with Gasteiger partial charge in [-0.05, 0) is 33.3 Å². The van der Waals surface area contributed by atoms with Gasteiger partial charge >= 0.3 is 20.7 Å². The topological polar surface area (TPSA) is 139 Å². The molecule has 0 spiro atoms. The third kappa shape index (κ3) is 10.0. The van der Waals surface area contributed by atoms with Gasteiger partial charge in [-0.1, -0.05) is 13.0 Å². The molecule has 0 fully saturated rings.